The first kappa shape index (κ1) is 9.87. The fraction of sp³-hybridized carbons (Fsp3) is 0.250. The highest BCUT2D eigenvalue weighted by molar-refractivity contribution is 6.31. The monoisotopic (exact) mass is 202 g/mol. The van der Waals surface area contributed by atoms with Gasteiger partial charge in [0, 0.05) is 0 Å². The number of pyridine rings is 1. The van der Waals surface area contributed by atoms with Crippen LogP contribution in [-0.4, -0.2) is 4.98 Å². The Labute approximate surface area is 78.8 Å². The van der Waals surface area contributed by atoms with Crippen LogP contribution in [-0.2, 0) is 0 Å². The van der Waals surface area contributed by atoms with E-state index in [1.165, 1.54) is 0 Å². The molecular formula is C8H5ClF2N2. The van der Waals surface area contributed by atoms with Crippen LogP contribution in [0.5, 0.6) is 0 Å². The van der Waals surface area contributed by atoms with Gasteiger partial charge in [0.25, 0.3) is 6.43 Å². The number of alkyl halides is 2. The first-order valence-corrected chi connectivity index (χ1v) is 3.79. The first-order chi connectivity index (χ1) is 6.06. The third-order valence-electron chi connectivity index (χ3n) is 1.52. The molecule has 0 radical (unpaired) electrons. The Morgan fingerprint density at radius 3 is 2.69 bits per heavy atom. The lowest BCUT2D eigenvalue weighted by molar-refractivity contribution is 0.150. The Morgan fingerprint density at radius 1 is 1.62 bits per heavy atom. The molecule has 0 atom stereocenters. The minimum absolute atomic E-state index is 0.148. The van der Waals surface area contributed by atoms with E-state index in [1.54, 1.807) is 13.0 Å². The second-order valence-electron chi connectivity index (χ2n) is 2.41. The van der Waals surface area contributed by atoms with Crippen molar-refractivity contribution in [1.82, 2.24) is 4.98 Å². The van der Waals surface area contributed by atoms with Gasteiger partial charge in [-0.05, 0) is 13.0 Å². The molecule has 0 spiro atoms. The van der Waals surface area contributed by atoms with Gasteiger partial charge in [0.1, 0.15) is 11.8 Å². The number of aromatic nitrogens is 1. The molecular weight excluding hydrogens is 198 g/mol. The number of nitriles is 1. The zero-order valence-corrected chi connectivity index (χ0v) is 7.44. The largest absolute Gasteiger partial charge is 0.266 e. The lowest BCUT2D eigenvalue weighted by atomic mass is 10.2. The molecule has 0 N–H and O–H groups in total. The van der Waals surface area contributed by atoms with Gasteiger partial charge in [0.2, 0.25) is 0 Å². The molecule has 13 heavy (non-hydrogen) atoms. The second-order valence-corrected chi connectivity index (χ2v) is 2.81. The number of halogens is 3. The van der Waals surface area contributed by atoms with Gasteiger partial charge in [-0.1, -0.05) is 11.6 Å². The van der Waals surface area contributed by atoms with Crippen molar-refractivity contribution in [2.75, 3.05) is 0 Å². The Morgan fingerprint density at radius 2 is 2.23 bits per heavy atom. The fourth-order valence-corrected chi connectivity index (χ4v) is 1.01. The van der Waals surface area contributed by atoms with Crippen molar-refractivity contribution in [2.24, 2.45) is 0 Å². The van der Waals surface area contributed by atoms with Gasteiger partial charge in [-0.3, -0.25) is 0 Å². The van der Waals surface area contributed by atoms with E-state index in [0.717, 1.165) is 6.07 Å². The van der Waals surface area contributed by atoms with Gasteiger partial charge in [0.15, 0.2) is 0 Å². The molecule has 0 aliphatic rings. The highest BCUT2D eigenvalue weighted by Gasteiger charge is 2.15. The summed E-state index contributed by atoms with van der Waals surface area (Å²) in [6.07, 6.45) is -2.72. The molecule has 0 saturated heterocycles. The molecule has 0 aliphatic carbocycles. The van der Waals surface area contributed by atoms with Gasteiger partial charge < -0.3 is 0 Å². The molecule has 1 heterocycles. The zero-order chi connectivity index (χ0) is 10.0. The summed E-state index contributed by atoms with van der Waals surface area (Å²) in [5.74, 6) is 0. The molecule has 5 heteroatoms. The lowest BCUT2D eigenvalue weighted by Crippen LogP contribution is -1.96. The topological polar surface area (TPSA) is 36.7 Å². The summed E-state index contributed by atoms with van der Waals surface area (Å²) in [5, 5.41) is 8.64. The maximum atomic E-state index is 12.3. The van der Waals surface area contributed by atoms with E-state index in [-0.39, 0.29) is 10.7 Å². The van der Waals surface area contributed by atoms with Gasteiger partial charge in [-0.2, -0.15) is 5.26 Å². The predicted molar refractivity (Wildman–Crippen MR) is 43.7 cm³/mol. The van der Waals surface area contributed by atoms with Crippen LogP contribution in [0.3, 0.4) is 0 Å². The lowest BCUT2D eigenvalue weighted by Gasteiger charge is -2.04. The van der Waals surface area contributed by atoms with Crippen LogP contribution in [0.25, 0.3) is 0 Å². The Hall–Kier alpha value is -1.21. The molecule has 1 aromatic rings. The van der Waals surface area contributed by atoms with E-state index in [1.807, 2.05) is 0 Å². The van der Waals surface area contributed by atoms with Crippen LogP contribution in [0, 0.1) is 18.3 Å². The Bertz CT molecular complexity index is 371. The molecule has 0 unspecified atom stereocenters. The van der Waals surface area contributed by atoms with Crippen LogP contribution >= 0.6 is 11.6 Å². The van der Waals surface area contributed by atoms with E-state index in [9.17, 15) is 8.78 Å². The van der Waals surface area contributed by atoms with Gasteiger partial charge >= 0.3 is 0 Å². The van der Waals surface area contributed by atoms with Crippen molar-refractivity contribution in [3.63, 3.8) is 0 Å². The standard InChI is InChI=1S/C8H5ClF2N2/c1-4-6(9)2-5(8(10)11)7(3-12)13-4/h2,8H,1H3. The molecule has 0 bridgehead atoms. The number of aryl methyl sites for hydroxylation is 1. The van der Waals surface area contributed by atoms with E-state index in [0.29, 0.717) is 5.69 Å². The molecule has 0 saturated carbocycles. The summed E-state index contributed by atoms with van der Waals surface area (Å²) < 4.78 is 24.6. The van der Waals surface area contributed by atoms with Crippen LogP contribution in [0.15, 0.2) is 6.07 Å². The van der Waals surface area contributed by atoms with Crippen molar-refractivity contribution in [3.05, 3.63) is 28.0 Å². The summed E-state index contributed by atoms with van der Waals surface area (Å²) in [4.78, 5) is 3.64. The third-order valence-corrected chi connectivity index (χ3v) is 1.90. The number of rotatable bonds is 1. The maximum absolute atomic E-state index is 12.3. The van der Waals surface area contributed by atoms with Crippen molar-refractivity contribution >= 4 is 11.6 Å². The molecule has 1 rings (SSSR count). The van der Waals surface area contributed by atoms with Crippen LogP contribution in [0.1, 0.15) is 23.4 Å². The minimum Gasteiger partial charge on any atom is -0.240 e. The molecule has 0 fully saturated rings. The third kappa shape index (κ3) is 1.93. The van der Waals surface area contributed by atoms with E-state index < -0.39 is 12.0 Å². The number of hydrogen-bond acceptors (Lipinski definition) is 2. The summed E-state index contributed by atoms with van der Waals surface area (Å²) in [5.41, 5.74) is -0.308. The summed E-state index contributed by atoms with van der Waals surface area (Å²) >= 11 is 5.58. The van der Waals surface area contributed by atoms with Crippen molar-refractivity contribution in [2.45, 2.75) is 13.3 Å². The Balaban J connectivity index is 3.35. The molecule has 0 aliphatic heterocycles. The summed E-state index contributed by atoms with van der Waals surface area (Å²) in [6, 6.07) is 2.67. The molecule has 2 nitrogen and oxygen atoms in total. The number of nitrogens with zero attached hydrogens (tertiary/aromatic N) is 2. The van der Waals surface area contributed by atoms with Crippen molar-refractivity contribution in [1.29, 1.82) is 5.26 Å². The second kappa shape index (κ2) is 3.67. The average molecular weight is 203 g/mol. The maximum Gasteiger partial charge on any atom is 0.266 e. The van der Waals surface area contributed by atoms with Crippen LogP contribution < -0.4 is 0 Å². The summed E-state index contributed by atoms with van der Waals surface area (Å²) in [6.45, 7) is 1.55. The highest BCUT2D eigenvalue weighted by Crippen LogP contribution is 2.25. The molecule has 1 aromatic heterocycles. The van der Waals surface area contributed by atoms with Gasteiger partial charge in [0.05, 0.1) is 16.3 Å². The normalized spacial score (nSPS) is 10.2. The smallest absolute Gasteiger partial charge is 0.240 e. The number of hydrogen-bond donors (Lipinski definition) is 0. The molecule has 68 valence electrons. The summed E-state index contributed by atoms with van der Waals surface area (Å²) in [7, 11) is 0. The first-order valence-electron chi connectivity index (χ1n) is 3.41. The van der Waals surface area contributed by atoms with Crippen LogP contribution in [0.4, 0.5) is 8.78 Å². The Kier molecular flexibility index (Phi) is 2.79. The quantitative estimate of drug-likeness (QED) is 0.702. The van der Waals surface area contributed by atoms with Gasteiger partial charge in [-0.25, -0.2) is 13.8 Å². The zero-order valence-electron chi connectivity index (χ0n) is 6.68. The predicted octanol–water partition coefficient (Wildman–Crippen LogP) is 2.85. The van der Waals surface area contributed by atoms with E-state index >= 15 is 0 Å². The van der Waals surface area contributed by atoms with E-state index in [4.69, 9.17) is 16.9 Å². The molecule has 0 amide bonds. The highest BCUT2D eigenvalue weighted by atomic mass is 35.5. The average Bonchev–Trinajstić information content (AvgIpc) is 2.08. The van der Waals surface area contributed by atoms with Gasteiger partial charge in [-0.15, -0.1) is 0 Å². The van der Waals surface area contributed by atoms with E-state index in [2.05, 4.69) is 4.98 Å². The SMILES string of the molecule is Cc1nc(C#N)c(C(F)F)cc1Cl. The van der Waals surface area contributed by atoms with Crippen molar-refractivity contribution in [3.8, 4) is 6.07 Å². The van der Waals surface area contributed by atoms with Crippen LogP contribution in [0.2, 0.25) is 5.02 Å². The molecule has 0 aromatic carbocycles. The fourth-order valence-electron chi connectivity index (χ4n) is 0.851. The minimum atomic E-state index is -2.72. The van der Waals surface area contributed by atoms with Crippen molar-refractivity contribution < 1.29 is 8.78 Å².